The highest BCUT2D eigenvalue weighted by atomic mass is 19.1. The molecule has 0 saturated carbocycles. The number of hydrogen-bond donors (Lipinski definition) is 0. The van der Waals surface area contributed by atoms with Gasteiger partial charge in [-0.3, -0.25) is 0 Å². The number of benzene rings is 1. The number of rotatable bonds is 6. The Balaban J connectivity index is 1.64. The van der Waals surface area contributed by atoms with Crippen LogP contribution in [0.5, 0.6) is 11.5 Å². The van der Waals surface area contributed by atoms with Gasteiger partial charge in [0.2, 0.25) is 5.95 Å². The number of pyridine rings is 1. The van der Waals surface area contributed by atoms with Crippen LogP contribution in [0.25, 0.3) is 22.2 Å². The molecule has 0 aliphatic carbocycles. The number of fused-ring (bicyclic) bond motifs is 1. The summed E-state index contributed by atoms with van der Waals surface area (Å²) in [6, 6.07) is 6.86. The lowest BCUT2D eigenvalue weighted by atomic mass is 10.0. The molecule has 1 aliphatic rings. The fourth-order valence-corrected chi connectivity index (χ4v) is 4.74. The molecule has 0 radical (unpaired) electrons. The second kappa shape index (κ2) is 9.58. The van der Waals surface area contributed by atoms with E-state index in [-0.39, 0.29) is 12.3 Å². The van der Waals surface area contributed by atoms with Crippen molar-refractivity contribution >= 4 is 10.9 Å². The van der Waals surface area contributed by atoms with E-state index in [1.165, 1.54) is 12.3 Å². The van der Waals surface area contributed by atoms with Crippen molar-refractivity contribution < 1.29 is 18.6 Å². The SMILES string of the molecule is COc1cc2c(cc1O[C@@H](C)c1c(C)cnnc1C)c(-c1ccc(F)nc1)nn2C1CCCCO1. The summed E-state index contributed by atoms with van der Waals surface area (Å²) in [5, 5.41) is 13.9. The van der Waals surface area contributed by atoms with Crippen LogP contribution in [0.3, 0.4) is 0 Å². The minimum absolute atomic E-state index is 0.183. The van der Waals surface area contributed by atoms with E-state index in [1.54, 1.807) is 19.4 Å². The molecule has 8 nitrogen and oxygen atoms in total. The lowest BCUT2D eigenvalue weighted by Crippen LogP contribution is -2.19. The molecular weight excluding hydrogens is 449 g/mol. The van der Waals surface area contributed by atoms with Crippen LogP contribution in [0.2, 0.25) is 0 Å². The third-order valence-electron chi connectivity index (χ3n) is 6.40. The molecule has 0 bridgehead atoms. The van der Waals surface area contributed by atoms with Crippen molar-refractivity contribution in [2.75, 3.05) is 13.7 Å². The van der Waals surface area contributed by atoms with E-state index in [2.05, 4.69) is 15.2 Å². The van der Waals surface area contributed by atoms with Gasteiger partial charge in [0, 0.05) is 35.4 Å². The van der Waals surface area contributed by atoms with Crippen LogP contribution in [-0.2, 0) is 4.74 Å². The van der Waals surface area contributed by atoms with Crippen molar-refractivity contribution in [2.45, 2.75) is 52.4 Å². The molecule has 1 unspecified atom stereocenters. The van der Waals surface area contributed by atoms with Crippen LogP contribution >= 0.6 is 0 Å². The Morgan fingerprint density at radius 3 is 2.69 bits per heavy atom. The average Bonchev–Trinajstić information content (AvgIpc) is 3.23. The summed E-state index contributed by atoms with van der Waals surface area (Å²) >= 11 is 0. The maximum Gasteiger partial charge on any atom is 0.212 e. The van der Waals surface area contributed by atoms with Gasteiger partial charge in [-0.05, 0) is 63.8 Å². The van der Waals surface area contributed by atoms with Gasteiger partial charge in [0.25, 0.3) is 0 Å². The van der Waals surface area contributed by atoms with Gasteiger partial charge in [0.1, 0.15) is 11.8 Å². The van der Waals surface area contributed by atoms with E-state index >= 15 is 0 Å². The number of methoxy groups -OCH3 is 1. The highest BCUT2D eigenvalue weighted by molar-refractivity contribution is 5.95. The number of ether oxygens (including phenoxy) is 3. The van der Waals surface area contributed by atoms with Crippen LogP contribution < -0.4 is 9.47 Å². The maximum absolute atomic E-state index is 13.5. The third kappa shape index (κ3) is 4.43. The first-order valence-corrected chi connectivity index (χ1v) is 11.8. The van der Waals surface area contributed by atoms with Crippen LogP contribution in [0.4, 0.5) is 4.39 Å². The Morgan fingerprint density at radius 1 is 1.14 bits per heavy atom. The van der Waals surface area contributed by atoms with Crippen LogP contribution in [0.15, 0.2) is 36.7 Å². The zero-order valence-electron chi connectivity index (χ0n) is 20.3. The Morgan fingerprint density at radius 2 is 2.00 bits per heavy atom. The predicted molar refractivity (Wildman–Crippen MR) is 129 cm³/mol. The normalized spacial score (nSPS) is 16.9. The minimum Gasteiger partial charge on any atom is -0.493 e. The van der Waals surface area contributed by atoms with Crippen LogP contribution in [-0.4, -0.2) is 38.7 Å². The van der Waals surface area contributed by atoms with Gasteiger partial charge >= 0.3 is 0 Å². The fraction of sp³-hybridized carbons (Fsp3) is 0.385. The number of nitrogens with zero attached hydrogens (tertiary/aromatic N) is 5. The third-order valence-corrected chi connectivity index (χ3v) is 6.40. The summed E-state index contributed by atoms with van der Waals surface area (Å²) in [5.41, 5.74) is 5.05. The quantitative estimate of drug-likeness (QED) is 0.339. The number of hydrogen-bond acceptors (Lipinski definition) is 7. The van der Waals surface area contributed by atoms with Gasteiger partial charge in [-0.25, -0.2) is 9.67 Å². The molecule has 35 heavy (non-hydrogen) atoms. The first-order valence-electron chi connectivity index (χ1n) is 11.8. The van der Waals surface area contributed by atoms with E-state index in [1.807, 2.05) is 37.6 Å². The largest absolute Gasteiger partial charge is 0.493 e. The molecule has 2 atom stereocenters. The number of aryl methyl sites for hydroxylation is 2. The van der Waals surface area contributed by atoms with Crippen molar-refractivity contribution in [3.05, 3.63) is 59.4 Å². The Bertz CT molecular complexity index is 1330. The van der Waals surface area contributed by atoms with Crippen LogP contribution in [0.1, 0.15) is 55.3 Å². The topological polar surface area (TPSA) is 84.2 Å². The Hall–Kier alpha value is -3.59. The van der Waals surface area contributed by atoms with Crippen molar-refractivity contribution in [2.24, 2.45) is 0 Å². The smallest absolute Gasteiger partial charge is 0.212 e. The van der Waals surface area contributed by atoms with Gasteiger partial charge < -0.3 is 14.2 Å². The summed E-state index contributed by atoms with van der Waals surface area (Å²) in [7, 11) is 1.62. The molecule has 4 heterocycles. The first kappa shape index (κ1) is 23.2. The molecule has 4 aromatic rings. The van der Waals surface area contributed by atoms with E-state index in [0.29, 0.717) is 29.4 Å². The van der Waals surface area contributed by atoms with Gasteiger partial charge in [0.05, 0.1) is 24.5 Å². The van der Waals surface area contributed by atoms with Crippen molar-refractivity contribution in [3.63, 3.8) is 0 Å². The van der Waals surface area contributed by atoms with E-state index in [0.717, 1.165) is 47.0 Å². The number of halogens is 1. The molecule has 1 saturated heterocycles. The molecule has 182 valence electrons. The average molecular weight is 478 g/mol. The Labute approximate surface area is 203 Å². The van der Waals surface area contributed by atoms with Gasteiger partial charge in [-0.1, -0.05) is 0 Å². The number of aromatic nitrogens is 5. The van der Waals surface area contributed by atoms with Crippen molar-refractivity contribution in [1.29, 1.82) is 0 Å². The molecule has 9 heteroatoms. The standard InChI is InChI=1S/C26H28FN5O3/c1-15-13-29-30-16(2)25(15)17(3)35-22-11-19-20(12-21(22)33-4)32(24-7-5-6-10-34-24)31-26(19)18-8-9-23(27)28-14-18/h8-9,11-14,17,24H,5-7,10H2,1-4H3/t17-,24?/m0/s1. The van der Waals surface area contributed by atoms with E-state index in [9.17, 15) is 4.39 Å². The zero-order valence-corrected chi connectivity index (χ0v) is 20.3. The summed E-state index contributed by atoms with van der Waals surface area (Å²) < 4.78 is 33.6. The van der Waals surface area contributed by atoms with E-state index < -0.39 is 5.95 Å². The second-order valence-corrected chi connectivity index (χ2v) is 8.79. The molecule has 1 fully saturated rings. The molecule has 5 rings (SSSR count). The van der Waals surface area contributed by atoms with Gasteiger partial charge in [-0.2, -0.15) is 19.7 Å². The molecule has 1 aromatic carbocycles. The lowest BCUT2D eigenvalue weighted by Gasteiger charge is -2.24. The molecule has 0 amide bonds. The molecular formula is C26H28FN5O3. The highest BCUT2D eigenvalue weighted by Crippen LogP contribution is 2.41. The van der Waals surface area contributed by atoms with Gasteiger partial charge in [-0.15, -0.1) is 0 Å². The molecule has 1 aliphatic heterocycles. The summed E-state index contributed by atoms with van der Waals surface area (Å²) in [6.45, 7) is 6.58. The second-order valence-electron chi connectivity index (χ2n) is 8.79. The van der Waals surface area contributed by atoms with E-state index in [4.69, 9.17) is 19.3 Å². The zero-order chi connectivity index (χ0) is 24.5. The highest BCUT2D eigenvalue weighted by Gasteiger charge is 2.25. The summed E-state index contributed by atoms with van der Waals surface area (Å²) in [5.74, 6) is 0.621. The van der Waals surface area contributed by atoms with Gasteiger partial charge in [0.15, 0.2) is 17.7 Å². The van der Waals surface area contributed by atoms with Crippen molar-refractivity contribution in [1.82, 2.24) is 25.0 Å². The predicted octanol–water partition coefficient (Wildman–Crippen LogP) is 5.49. The first-order chi connectivity index (χ1) is 17.0. The molecule has 0 spiro atoms. The minimum atomic E-state index is -0.538. The van der Waals surface area contributed by atoms with Crippen molar-refractivity contribution in [3.8, 4) is 22.8 Å². The fourth-order valence-electron chi connectivity index (χ4n) is 4.74. The maximum atomic E-state index is 13.5. The molecule has 0 N–H and O–H groups in total. The monoisotopic (exact) mass is 477 g/mol. The molecule has 3 aromatic heterocycles. The lowest BCUT2D eigenvalue weighted by molar-refractivity contribution is -0.0365. The Kier molecular flexibility index (Phi) is 6.34. The van der Waals surface area contributed by atoms with Crippen LogP contribution in [0, 0.1) is 19.8 Å². The summed E-state index contributed by atoms with van der Waals surface area (Å²) in [6.07, 6.45) is 5.72. The summed E-state index contributed by atoms with van der Waals surface area (Å²) in [4.78, 5) is 3.83.